The van der Waals surface area contributed by atoms with Crippen LogP contribution < -0.4 is 20.3 Å². The Morgan fingerprint density at radius 2 is 1.55 bits per heavy atom. The van der Waals surface area contributed by atoms with Crippen LogP contribution in [-0.4, -0.2) is 44.7 Å². The van der Waals surface area contributed by atoms with Crippen molar-refractivity contribution >= 4 is 51.3 Å². The Balaban J connectivity index is 0.000000192. The van der Waals surface area contributed by atoms with E-state index < -0.39 is 18.1 Å². The molecule has 67 heavy (non-hydrogen) atoms. The Morgan fingerprint density at radius 1 is 0.821 bits per heavy atom. The Labute approximate surface area is 385 Å². The molecule has 9 rings (SSSR count). The summed E-state index contributed by atoms with van der Waals surface area (Å²) in [4.78, 5) is 28.1. The van der Waals surface area contributed by atoms with Crippen LogP contribution in [0.4, 0.5) is 47.9 Å². The molecule has 2 N–H and O–H groups in total. The molecule has 0 unspecified atom stereocenters. The first kappa shape index (κ1) is 46.3. The molecule has 0 aliphatic carbocycles. The van der Waals surface area contributed by atoms with E-state index in [1.165, 1.54) is 36.7 Å². The molecule has 0 radical (unpaired) electrons. The summed E-state index contributed by atoms with van der Waals surface area (Å²) in [6.07, 6.45) is -3.60. The predicted octanol–water partition coefficient (Wildman–Crippen LogP) is 13.0. The van der Waals surface area contributed by atoms with Gasteiger partial charge in [0.05, 0.1) is 21.8 Å². The maximum absolute atomic E-state index is 13.4. The molecule has 5 aromatic carbocycles. The number of piperidine rings is 1. The molecule has 344 valence electrons. The number of aryl methyl sites for hydroxylation is 1. The van der Waals surface area contributed by atoms with Gasteiger partial charge in [-0.15, -0.1) is 13.2 Å². The Bertz CT molecular complexity index is 2990. The number of pyridine rings is 1. The molecule has 17 heteroatoms. The molecule has 1 saturated heterocycles. The summed E-state index contributed by atoms with van der Waals surface area (Å²) in [5.74, 6) is 0.0112. The minimum Gasteiger partial charge on any atom is -0.406 e. The standard InChI is InChI=1S/C29H28ClF3N4O2.C21H13F4N3/c1-2-25-27(37-18-22(30)7-12-26(37)35-25)28(38)34-17-19-3-8-23(9-4-19)36-15-13-21(14-16-36)20-5-10-24(11-6-20)39-29(31,32)33;22-16-6-9-18-19(11-16)26-12-27-20(18)28-17-7-4-13(5-8-17)14-2-1-3-15(10-14)21(23,24)25/h3-12,18,21H,2,13-17H2,1H3,(H,34,38);1-12H,(H,26,27,28). The van der Waals surface area contributed by atoms with E-state index in [4.69, 9.17) is 11.6 Å². The quantitative estimate of drug-likeness (QED) is 0.132. The van der Waals surface area contributed by atoms with E-state index in [0.717, 1.165) is 60.6 Å². The minimum absolute atomic E-state index is 0.200. The van der Waals surface area contributed by atoms with Gasteiger partial charge in [0.15, 0.2) is 0 Å². The van der Waals surface area contributed by atoms with E-state index in [-0.39, 0.29) is 23.4 Å². The zero-order chi connectivity index (χ0) is 47.3. The average Bonchev–Trinajstić information content (AvgIpc) is 3.69. The van der Waals surface area contributed by atoms with E-state index in [1.54, 1.807) is 71.3 Å². The number of aromatic nitrogens is 4. The largest absolute Gasteiger partial charge is 0.573 e. The summed E-state index contributed by atoms with van der Waals surface area (Å²) in [6, 6.07) is 34.2. The minimum atomic E-state index is -4.68. The summed E-state index contributed by atoms with van der Waals surface area (Å²) in [5.41, 5.74) is 6.61. The molecule has 1 fully saturated rings. The summed E-state index contributed by atoms with van der Waals surface area (Å²) < 4.78 is 94.9. The summed E-state index contributed by atoms with van der Waals surface area (Å²) in [7, 11) is 0. The third kappa shape index (κ3) is 11.4. The molecule has 0 saturated carbocycles. The fourth-order valence-corrected chi connectivity index (χ4v) is 8.11. The van der Waals surface area contributed by atoms with Gasteiger partial charge in [-0.05, 0) is 120 Å². The lowest BCUT2D eigenvalue weighted by molar-refractivity contribution is -0.274. The maximum Gasteiger partial charge on any atom is 0.573 e. The van der Waals surface area contributed by atoms with Crippen LogP contribution in [-0.2, 0) is 19.1 Å². The number of imidazole rings is 1. The molecule has 8 aromatic rings. The molecular weight excluding hydrogens is 899 g/mol. The lowest BCUT2D eigenvalue weighted by atomic mass is 9.89. The highest BCUT2D eigenvalue weighted by molar-refractivity contribution is 6.30. The molecule has 9 nitrogen and oxygen atoms in total. The van der Waals surface area contributed by atoms with Crippen LogP contribution in [0.2, 0.25) is 5.02 Å². The van der Waals surface area contributed by atoms with E-state index in [2.05, 4.69) is 47.4 Å². The molecular formula is C50H41ClF7N7O2. The van der Waals surface area contributed by atoms with Crippen LogP contribution >= 0.6 is 11.6 Å². The van der Waals surface area contributed by atoms with Gasteiger partial charge in [-0.2, -0.15) is 13.2 Å². The second-order valence-electron chi connectivity index (χ2n) is 15.7. The number of ether oxygens (including phenoxy) is 1. The van der Waals surface area contributed by atoms with E-state index in [0.29, 0.717) is 62.9 Å². The van der Waals surface area contributed by atoms with Crippen molar-refractivity contribution in [2.45, 2.75) is 51.2 Å². The second kappa shape index (κ2) is 19.7. The maximum atomic E-state index is 13.4. The van der Waals surface area contributed by atoms with Gasteiger partial charge in [0, 0.05) is 48.7 Å². The van der Waals surface area contributed by atoms with E-state index in [1.807, 2.05) is 19.1 Å². The topological polar surface area (TPSA) is 96.7 Å². The third-order valence-electron chi connectivity index (χ3n) is 11.3. The van der Waals surface area contributed by atoms with Gasteiger partial charge >= 0.3 is 12.5 Å². The normalized spacial score (nSPS) is 13.3. The molecule has 0 bridgehead atoms. The number of amides is 1. The van der Waals surface area contributed by atoms with Crippen molar-refractivity contribution in [3.8, 4) is 16.9 Å². The highest BCUT2D eigenvalue weighted by Gasteiger charge is 2.32. The number of benzene rings is 5. The molecule has 1 aliphatic rings. The van der Waals surface area contributed by atoms with Crippen LogP contribution in [0.1, 0.15) is 58.6 Å². The van der Waals surface area contributed by atoms with Crippen molar-refractivity contribution in [1.29, 1.82) is 0 Å². The number of halogens is 8. The van der Waals surface area contributed by atoms with Crippen molar-refractivity contribution in [2.75, 3.05) is 23.3 Å². The number of carbonyl (C=O) groups is 1. The Morgan fingerprint density at radius 3 is 2.24 bits per heavy atom. The number of carbonyl (C=O) groups excluding carboxylic acids is 1. The Hall–Kier alpha value is -7.20. The van der Waals surface area contributed by atoms with E-state index >= 15 is 0 Å². The monoisotopic (exact) mass is 939 g/mol. The van der Waals surface area contributed by atoms with Gasteiger partial charge in [-0.25, -0.2) is 19.3 Å². The Kier molecular flexibility index (Phi) is 13.6. The van der Waals surface area contributed by atoms with Crippen molar-refractivity contribution in [3.05, 3.63) is 179 Å². The molecule has 0 spiro atoms. The highest BCUT2D eigenvalue weighted by atomic mass is 35.5. The lowest BCUT2D eigenvalue weighted by Gasteiger charge is -2.34. The number of fused-ring (bicyclic) bond motifs is 2. The number of anilines is 3. The first-order valence-corrected chi connectivity index (χ1v) is 21.6. The average molecular weight is 940 g/mol. The highest BCUT2D eigenvalue weighted by Crippen LogP contribution is 2.35. The van der Waals surface area contributed by atoms with Crippen LogP contribution in [0.5, 0.6) is 5.75 Å². The fourth-order valence-electron chi connectivity index (χ4n) is 7.95. The lowest BCUT2D eigenvalue weighted by Crippen LogP contribution is -2.32. The SMILES string of the molecule is CCc1nc2ccc(Cl)cn2c1C(=O)NCc1ccc(N2CCC(c3ccc(OC(F)(F)F)cc3)CC2)cc1.Fc1ccc2c(Nc3ccc(-c4cccc(C(F)(F)F)c4)cc3)ncnc2c1. The van der Waals surface area contributed by atoms with E-state index in [9.17, 15) is 35.5 Å². The first-order chi connectivity index (χ1) is 32.1. The molecule has 3 aromatic heterocycles. The van der Waals surface area contributed by atoms with Crippen molar-refractivity contribution in [2.24, 2.45) is 0 Å². The van der Waals surface area contributed by atoms with Gasteiger partial charge in [-0.1, -0.05) is 67.1 Å². The van der Waals surface area contributed by atoms with Crippen molar-refractivity contribution < 1.29 is 40.3 Å². The number of alkyl halides is 6. The number of hydrogen-bond donors (Lipinski definition) is 2. The van der Waals surface area contributed by atoms with Crippen molar-refractivity contribution in [3.63, 3.8) is 0 Å². The van der Waals surface area contributed by atoms with Gasteiger partial charge in [0.1, 0.15) is 35.1 Å². The summed E-state index contributed by atoms with van der Waals surface area (Å²) in [6.45, 7) is 4.04. The van der Waals surface area contributed by atoms with Crippen LogP contribution in [0, 0.1) is 5.82 Å². The zero-order valence-electron chi connectivity index (χ0n) is 35.7. The first-order valence-electron chi connectivity index (χ1n) is 21.2. The van der Waals surface area contributed by atoms with Gasteiger partial charge in [-0.3, -0.25) is 9.20 Å². The fraction of sp³-hybridized carbons (Fsp3) is 0.200. The van der Waals surface area contributed by atoms with Crippen LogP contribution in [0.15, 0.2) is 140 Å². The molecule has 0 atom stereocenters. The second-order valence-corrected chi connectivity index (χ2v) is 16.2. The summed E-state index contributed by atoms with van der Waals surface area (Å²) >= 11 is 6.14. The van der Waals surface area contributed by atoms with Crippen LogP contribution in [0.3, 0.4) is 0 Å². The molecule has 1 amide bonds. The number of hydrogen-bond acceptors (Lipinski definition) is 7. The summed E-state index contributed by atoms with van der Waals surface area (Å²) in [5, 5.41) is 7.32. The number of nitrogens with one attached hydrogen (secondary N) is 2. The number of nitrogens with zero attached hydrogens (tertiary/aromatic N) is 5. The van der Waals surface area contributed by atoms with Crippen molar-refractivity contribution in [1.82, 2.24) is 24.7 Å². The zero-order valence-corrected chi connectivity index (χ0v) is 36.4. The smallest absolute Gasteiger partial charge is 0.406 e. The van der Waals surface area contributed by atoms with Gasteiger partial charge in [0.2, 0.25) is 0 Å². The predicted molar refractivity (Wildman–Crippen MR) is 244 cm³/mol. The number of rotatable bonds is 10. The molecule has 1 aliphatic heterocycles. The van der Waals surface area contributed by atoms with Crippen LogP contribution in [0.25, 0.3) is 27.7 Å². The molecule has 4 heterocycles. The van der Waals surface area contributed by atoms with Gasteiger partial charge < -0.3 is 20.3 Å². The van der Waals surface area contributed by atoms with Gasteiger partial charge in [0.25, 0.3) is 5.91 Å². The third-order valence-corrected chi connectivity index (χ3v) is 11.5.